The minimum Gasteiger partial charge on any atom is -0.493 e. The van der Waals surface area contributed by atoms with Crippen molar-refractivity contribution >= 4 is 18.4 Å². The summed E-state index contributed by atoms with van der Waals surface area (Å²) in [6.07, 6.45) is 2.35. The van der Waals surface area contributed by atoms with E-state index in [0.29, 0.717) is 6.61 Å². The Bertz CT molecular complexity index is 738. The Morgan fingerprint density at radius 3 is 2.76 bits per heavy atom. The molecule has 0 N–H and O–H groups in total. The van der Waals surface area contributed by atoms with Crippen LogP contribution in [0.3, 0.4) is 0 Å². The predicted octanol–water partition coefficient (Wildman–Crippen LogP) is 3.73. The van der Waals surface area contributed by atoms with Gasteiger partial charge in [0.15, 0.2) is 5.78 Å². The van der Waals surface area contributed by atoms with Crippen LogP contribution in [0.2, 0.25) is 0 Å². The minimum atomic E-state index is -0.337. The Morgan fingerprint density at radius 1 is 1.05 bits per heavy atom. The lowest BCUT2D eigenvalue weighted by Gasteiger charge is -2.24. The number of fused-ring (bicyclic) bond motifs is 2. The average molecular weight is 296 g/mol. The zero-order valence-electron chi connectivity index (χ0n) is 11.6. The van der Waals surface area contributed by atoms with Gasteiger partial charge in [0.2, 0.25) is 0 Å². The van der Waals surface area contributed by atoms with Gasteiger partial charge in [-0.05, 0) is 48.6 Å². The van der Waals surface area contributed by atoms with Gasteiger partial charge in [0.25, 0.3) is 0 Å². The summed E-state index contributed by atoms with van der Waals surface area (Å²) in [5, 5.41) is 0. The molecule has 0 radical (unpaired) electrons. The summed E-state index contributed by atoms with van der Waals surface area (Å²) >= 11 is 4.37. The minimum absolute atomic E-state index is 0.258. The molecule has 2 aromatic carbocycles. The van der Waals surface area contributed by atoms with Crippen molar-refractivity contribution in [3.05, 3.63) is 59.2 Å². The molecular weight excluding hydrogens is 280 g/mol. The first kappa shape index (κ1) is 13.0. The van der Waals surface area contributed by atoms with E-state index in [9.17, 15) is 4.79 Å². The third-order valence-corrected chi connectivity index (χ3v) is 4.97. The lowest BCUT2D eigenvalue weighted by Crippen LogP contribution is -2.31. The van der Waals surface area contributed by atoms with E-state index >= 15 is 0 Å². The fourth-order valence-corrected chi connectivity index (χ4v) is 3.81. The number of hydrogen-bond donors (Lipinski definition) is 1. The molecule has 2 aromatic rings. The van der Waals surface area contributed by atoms with Gasteiger partial charge in [-0.3, -0.25) is 4.79 Å². The van der Waals surface area contributed by atoms with Crippen LogP contribution in [-0.4, -0.2) is 12.4 Å². The van der Waals surface area contributed by atoms with Crippen molar-refractivity contribution in [2.24, 2.45) is 5.41 Å². The third kappa shape index (κ3) is 1.99. The van der Waals surface area contributed by atoms with Crippen LogP contribution in [0.4, 0.5) is 0 Å². The van der Waals surface area contributed by atoms with Crippen molar-refractivity contribution < 1.29 is 9.53 Å². The van der Waals surface area contributed by atoms with Crippen LogP contribution >= 0.6 is 12.6 Å². The quantitative estimate of drug-likeness (QED) is 0.750. The van der Waals surface area contributed by atoms with Crippen molar-refractivity contribution in [2.45, 2.75) is 24.2 Å². The summed E-state index contributed by atoms with van der Waals surface area (Å²) in [4.78, 5) is 13.9. The maximum absolute atomic E-state index is 13.0. The molecule has 0 saturated carbocycles. The molecule has 0 amide bonds. The molecule has 1 atom stereocenters. The standard InChI is InChI=1S/C18H16O2S/c19-17-15-9-14(21)6-5-12(15)10-18(17)7-8-20-16-4-2-1-3-13(16)11-18/h1-6,9,21H,7-8,10-11H2. The number of benzene rings is 2. The number of para-hydroxylation sites is 1. The second-order valence-corrected chi connectivity index (χ2v) is 6.53. The van der Waals surface area contributed by atoms with Crippen LogP contribution in [0.25, 0.3) is 0 Å². The van der Waals surface area contributed by atoms with Gasteiger partial charge in [-0.1, -0.05) is 24.3 Å². The topological polar surface area (TPSA) is 26.3 Å². The second-order valence-electron chi connectivity index (χ2n) is 6.01. The summed E-state index contributed by atoms with van der Waals surface area (Å²) in [5.74, 6) is 1.18. The van der Waals surface area contributed by atoms with Gasteiger partial charge in [0.1, 0.15) is 5.75 Å². The molecule has 21 heavy (non-hydrogen) atoms. The van der Waals surface area contributed by atoms with E-state index in [1.807, 2.05) is 36.4 Å². The van der Waals surface area contributed by atoms with Crippen molar-refractivity contribution in [3.8, 4) is 5.75 Å². The smallest absolute Gasteiger partial charge is 0.170 e. The van der Waals surface area contributed by atoms with Crippen LogP contribution in [0.1, 0.15) is 27.9 Å². The third-order valence-electron chi connectivity index (χ3n) is 4.69. The van der Waals surface area contributed by atoms with Gasteiger partial charge in [-0.2, -0.15) is 0 Å². The van der Waals surface area contributed by atoms with Crippen LogP contribution in [-0.2, 0) is 12.8 Å². The fourth-order valence-electron chi connectivity index (χ4n) is 3.61. The predicted molar refractivity (Wildman–Crippen MR) is 84.4 cm³/mol. The number of Topliss-reactive ketones (excluding diaryl/α,β-unsaturated/α-hetero) is 1. The first-order chi connectivity index (χ1) is 10.2. The summed E-state index contributed by atoms with van der Waals surface area (Å²) < 4.78 is 5.84. The van der Waals surface area contributed by atoms with E-state index < -0.39 is 0 Å². The molecule has 1 spiro atoms. The molecule has 0 bridgehead atoms. The summed E-state index contributed by atoms with van der Waals surface area (Å²) in [7, 11) is 0. The summed E-state index contributed by atoms with van der Waals surface area (Å²) in [6.45, 7) is 0.602. The van der Waals surface area contributed by atoms with E-state index in [2.05, 4.69) is 18.7 Å². The Labute approximate surface area is 129 Å². The van der Waals surface area contributed by atoms with Gasteiger partial charge in [0, 0.05) is 15.9 Å². The molecule has 1 aliphatic heterocycles. The SMILES string of the molecule is O=C1c2cc(S)ccc2CC12CCOc1ccccc1C2. The zero-order chi connectivity index (χ0) is 14.4. The van der Waals surface area contributed by atoms with Crippen molar-refractivity contribution in [2.75, 3.05) is 6.61 Å². The molecule has 1 unspecified atom stereocenters. The highest BCUT2D eigenvalue weighted by atomic mass is 32.1. The number of carbonyl (C=O) groups is 1. The van der Waals surface area contributed by atoms with Gasteiger partial charge in [0.05, 0.1) is 6.61 Å². The Balaban J connectivity index is 1.78. The van der Waals surface area contributed by atoms with Gasteiger partial charge in [-0.15, -0.1) is 12.6 Å². The van der Waals surface area contributed by atoms with E-state index in [-0.39, 0.29) is 11.2 Å². The van der Waals surface area contributed by atoms with Crippen LogP contribution in [0.15, 0.2) is 47.4 Å². The van der Waals surface area contributed by atoms with E-state index in [1.165, 1.54) is 0 Å². The molecule has 2 aliphatic rings. The zero-order valence-corrected chi connectivity index (χ0v) is 12.5. The molecule has 1 aliphatic carbocycles. The van der Waals surface area contributed by atoms with E-state index in [4.69, 9.17) is 4.74 Å². The molecule has 4 rings (SSSR count). The maximum atomic E-state index is 13.0. The Hall–Kier alpha value is -1.74. The van der Waals surface area contributed by atoms with Crippen molar-refractivity contribution in [3.63, 3.8) is 0 Å². The van der Waals surface area contributed by atoms with Crippen molar-refractivity contribution in [1.82, 2.24) is 0 Å². The van der Waals surface area contributed by atoms with Crippen molar-refractivity contribution in [1.29, 1.82) is 0 Å². The van der Waals surface area contributed by atoms with Crippen LogP contribution in [0, 0.1) is 5.41 Å². The first-order valence-electron chi connectivity index (χ1n) is 7.25. The molecule has 0 saturated heterocycles. The molecule has 0 fully saturated rings. The van der Waals surface area contributed by atoms with Crippen LogP contribution in [0.5, 0.6) is 5.75 Å². The monoisotopic (exact) mass is 296 g/mol. The summed E-state index contributed by atoms with van der Waals surface area (Å²) in [6, 6.07) is 14.0. The molecule has 0 aromatic heterocycles. The van der Waals surface area contributed by atoms with Gasteiger partial charge in [-0.25, -0.2) is 0 Å². The Morgan fingerprint density at radius 2 is 1.86 bits per heavy atom. The van der Waals surface area contributed by atoms with Gasteiger partial charge >= 0.3 is 0 Å². The second kappa shape index (κ2) is 4.63. The largest absolute Gasteiger partial charge is 0.493 e. The molecule has 106 valence electrons. The number of thiol groups is 1. The summed E-state index contributed by atoms with van der Waals surface area (Å²) in [5.41, 5.74) is 2.80. The number of carbonyl (C=O) groups excluding carboxylic acids is 1. The van der Waals surface area contributed by atoms with Crippen LogP contribution < -0.4 is 4.74 Å². The number of rotatable bonds is 0. The molecule has 2 nitrogen and oxygen atoms in total. The van der Waals surface area contributed by atoms with E-state index in [0.717, 1.165) is 46.6 Å². The van der Waals surface area contributed by atoms with Gasteiger partial charge < -0.3 is 4.74 Å². The Kier molecular flexibility index (Phi) is 2.86. The fraction of sp³-hybridized carbons (Fsp3) is 0.278. The normalized spacial score (nSPS) is 23.4. The highest BCUT2D eigenvalue weighted by Gasteiger charge is 2.46. The highest BCUT2D eigenvalue weighted by Crippen LogP contribution is 2.45. The number of hydrogen-bond acceptors (Lipinski definition) is 3. The van der Waals surface area contributed by atoms with E-state index in [1.54, 1.807) is 0 Å². The number of ketones is 1. The highest BCUT2D eigenvalue weighted by molar-refractivity contribution is 7.80. The lowest BCUT2D eigenvalue weighted by atomic mass is 9.76. The maximum Gasteiger partial charge on any atom is 0.170 e. The lowest BCUT2D eigenvalue weighted by molar-refractivity contribution is 0.0789. The number of ether oxygens (including phenoxy) is 1. The molecule has 1 heterocycles. The molecule has 3 heteroatoms. The first-order valence-corrected chi connectivity index (χ1v) is 7.70. The average Bonchev–Trinajstić information content (AvgIpc) is 2.65. The molecular formula is C18H16O2S.